The minimum atomic E-state index is -1.14. The molecule has 9 nitrogen and oxygen atoms in total. The Kier molecular flexibility index (Phi) is 6.96. The van der Waals surface area contributed by atoms with E-state index in [0.717, 1.165) is 22.6 Å². The van der Waals surface area contributed by atoms with E-state index in [1.165, 1.54) is 6.26 Å². The lowest BCUT2D eigenvalue weighted by Gasteiger charge is -2.28. The number of furan rings is 1. The van der Waals surface area contributed by atoms with Crippen LogP contribution in [0.1, 0.15) is 22.2 Å². The van der Waals surface area contributed by atoms with Crippen LogP contribution in [-0.4, -0.2) is 37.7 Å². The number of hydrogen-bond acceptors (Lipinski definition) is 7. The zero-order chi connectivity index (χ0) is 24.1. The first-order chi connectivity index (χ1) is 16.4. The summed E-state index contributed by atoms with van der Waals surface area (Å²) in [4.78, 5) is 39.9. The van der Waals surface area contributed by atoms with Crippen molar-refractivity contribution in [3.05, 3.63) is 64.9 Å². The van der Waals surface area contributed by atoms with Crippen LogP contribution < -0.4 is 20.3 Å². The van der Waals surface area contributed by atoms with Crippen molar-refractivity contribution in [3.8, 4) is 17.4 Å². The van der Waals surface area contributed by atoms with Crippen molar-refractivity contribution in [1.82, 2.24) is 5.32 Å². The Balaban J connectivity index is 1.46. The maximum absolute atomic E-state index is 13.1. The molecule has 0 saturated carbocycles. The van der Waals surface area contributed by atoms with Gasteiger partial charge in [0.2, 0.25) is 0 Å². The summed E-state index contributed by atoms with van der Waals surface area (Å²) in [6.07, 6.45) is 5.90. The number of aryl methyl sites for hydroxylation is 1. The van der Waals surface area contributed by atoms with Gasteiger partial charge in [0.05, 0.1) is 17.7 Å². The Labute approximate surface area is 199 Å². The molecule has 2 aromatic heterocycles. The molecule has 2 N–H and O–H groups in total. The standard InChI is InChI=1S/C24H21N3O6S/c1-3-17-7-9-21(34-17)33-24(30)26-22(19-5-4-11-32-19)23(29)25-16-6-8-18(15(2)13-16)27-10-12-31-14-20(27)28/h1,4-9,11,13,22H,10,12,14H2,2H3,(H,25,29)(H,26,30). The molecule has 1 aliphatic rings. The van der Waals surface area contributed by atoms with Gasteiger partial charge in [0.15, 0.2) is 11.1 Å². The van der Waals surface area contributed by atoms with Gasteiger partial charge in [0, 0.05) is 17.9 Å². The van der Waals surface area contributed by atoms with Crippen molar-refractivity contribution in [3.63, 3.8) is 0 Å². The summed E-state index contributed by atoms with van der Waals surface area (Å²) in [5, 5.41) is 5.59. The first kappa shape index (κ1) is 23.1. The Morgan fingerprint density at radius 2 is 2.12 bits per heavy atom. The molecule has 1 saturated heterocycles. The van der Waals surface area contributed by atoms with Gasteiger partial charge >= 0.3 is 6.09 Å². The van der Waals surface area contributed by atoms with E-state index in [0.29, 0.717) is 28.8 Å². The van der Waals surface area contributed by atoms with E-state index in [1.807, 2.05) is 6.92 Å². The minimum Gasteiger partial charge on any atom is -0.467 e. The first-order valence-electron chi connectivity index (χ1n) is 10.3. The smallest absolute Gasteiger partial charge is 0.414 e. The van der Waals surface area contributed by atoms with Crippen LogP contribution in [0, 0.1) is 19.3 Å². The second kappa shape index (κ2) is 10.2. The van der Waals surface area contributed by atoms with E-state index in [-0.39, 0.29) is 18.3 Å². The van der Waals surface area contributed by atoms with Crippen LogP contribution in [0.2, 0.25) is 0 Å². The second-order valence-corrected chi connectivity index (χ2v) is 8.38. The van der Waals surface area contributed by atoms with Gasteiger partial charge in [0.1, 0.15) is 12.4 Å². The zero-order valence-corrected chi connectivity index (χ0v) is 19.0. The van der Waals surface area contributed by atoms with E-state index in [1.54, 1.807) is 47.4 Å². The van der Waals surface area contributed by atoms with Crippen LogP contribution in [0.25, 0.3) is 0 Å². The number of hydrogen-bond donors (Lipinski definition) is 2. The van der Waals surface area contributed by atoms with Gasteiger partial charge in [0.25, 0.3) is 11.8 Å². The molecule has 1 aromatic carbocycles. The number of amides is 3. The molecule has 174 valence electrons. The number of benzene rings is 1. The Hall–Kier alpha value is -4.07. The molecule has 0 spiro atoms. The average Bonchev–Trinajstić information content (AvgIpc) is 3.50. The fourth-order valence-corrected chi connectivity index (χ4v) is 4.10. The van der Waals surface area contributed by atoms with Crippen molar-refractivity contribution in [2.45, 2.75) is 13.0 Å². The maximum Gasteiger partial charge on any atom is 0.414 e. The van der Waals surface area contributed by atoms with E-state index in [9.17, 15) is 14.4 Å². The molecule has 1 atom stereocenters. The third-order valence-corrected chi connectivity index (χ3v) is 5.90. The van der Waals surface area contributed by atoms with Gasteiger partial charge in [-0.05, 0) is 55.0 Å². The largest absolute Gasteiger partial charge is 0.467 e. The lowest BCUT2D eigenvalue weighted by atomic mass is 10.1. The number of nitrogens with zero attached hydrogens (tertiary/aromatic N) is 1. The summed E-state index contributed by atoms with van der Waals surface area (Å²) in [6, 6.07) is 10.5. The minimum absolute atomic E-state index is 0.0417. The van der Waals surface area contributed by atoms with Gasteiger partial charge in [-0.15, -0.1) is 6.42 Å². The zero-order valence-electron chi connectivity index (χ0n) is 18.2. The predicted octanol–water partition coefficient (Wildman–Crippen LogP) is 3.46. The van der Waals surface area contributed by atoms with Gasteiger partial charge in [-0.1, -0.05) is 17.3 Å². The van der Waals surface area contributed by atoms with Gasteiger partial charge in [-0.3, -0.25) is 9.59 Å². The third-order valence-electron chi connectivity index (χ3n) is 5.01. The molecular weight excluding hydrogens is 458 g/mol. The van der Waals surface area contributed by atoms with Gasteiger partial charge in [-0.25, -0.2) is 4.79 Å². The molecule has 1 aliphatic heterocycles. The van der Waals surface area contributed by atoms with E-state index in [2.05, 4.69) is 16.6 Å². The van der Waals surface area contributed by atoms with Crippen molar-refractivity contribution < 1.29 is 28.3 Å². The molecule has 3 aromatic rings. The van der Waals surface area contributed by atoms with Crippen molar-refractivity contribution in [1.29, 1.82) is 0 Å². The average molecular weight is 480 g/mol. The third kappa shape index (κ3) is 5.28. The molecule has 34 heavy (non-hydrogen) atoms. The van der Waals surface area contributed by atoms with Crippen molar-refractivity contribution in [2.75, 3.05) is 30.0 Å². The summed E-state index contributed by atoms with van der Waals surface area (Å²) in [5.74, 6) is 2.05. The lowest BCUT2D eigenvalue weighted by Crippen LogP contribution is -2.42. The highest BCUT2D eigenvalue weighted by molar-refractivity contribution is 7.14. The van der Waals surface area contributed by atoms with Crippen LogP contribution >= 0.6 is 11.3 Å². The number of nitrogens with one attached hydrogen (secondary N) is 2. The summed E-state index contributed by atoms with van der Waals surface area (Å²) in [5.41, 5.74) is 2.05. The first-order valence-corrected chi connectivity index (χ1v) is 11.1. The number of anilines is 2. The SMILES string of the molecule is C#Cc1ccc(OC(=O)NC(C(=O)Nc2ccc(N3CCOCC3=O)c(C)c2)c2ccco2)s1. The molecule has 3 amide bonds. The number of ether oxygens (including phenoxy) is 2. The van der Waals surface area contributed by atoms with Gasteiger partial charge < -0.3 is 29.4 Å². The number of carbonyl (C=O) groups is 3. The molecular formula is C24H21N3O6S. The normalized spacial score (nSPS) is 14.2. The number of terminal acetylenes is 1. The molecule has 1 fully saturated rings. The Bertz CT molecular complexity index is 1240. The molecule has 4 rings (SSSR count). The number of thiophene rings is 1. The summed E-state index contributed by atoms with van der Waals surface area (Å²) in [6.45, 7) is 2.82. The topological polar surface area (TPSA) is 110 Å². The number of morpholine rings is 1. The Morgan fingerprint density at radius 1 is 1.26 bits per heavy atom. The van der Waals surface area contributed by atoms with Crippen LogP contribution in [0.3, 0.4) is 0 Å². The molecule has 0 bridgehead atoms. The van der Waals surface area contributed by atoms with Gasteiger partial charge in [-0.2, -0.15) is 0 Å². The second-order valence-electron chi connectivity index (χ2n) is 7.33. The molecule has 1 unspecified atom stereocenters. The maximum atomic E-state index is 13.1. The van der Waals surface area contributed by atoms with E-state index >= 15 is 0 Å². The van der Waals surface area contributed by atoms with Crippen molar-refractivity contribution >= 4 is 40.6 Å². The van der Waals surface area contributed by atoms with Crippen LogP contribution in [0.15, 0.2) is 53.1 Å². The monoisotopic (exact) mass is 479 g/mol. The molecule has 0 aliphatic carbocycles. The quantitative estimate of drug-likeness (QED) is 0.524. The highest BCUT2D eigenvalue weighted by Crippen LogP contribution is 2.27. The predicted molar refractivity (Wildman–Crippen MR) is 126 cm³/mol. The fourth-order valence-electron chi connectivity index (χ4n) is 3.44. The lowest BCUT2D eigenvalue weighted by molar-refractivity contribution is -0.125. The fraction of sp³-hybridized carbons (Fsp3) is 0.208. The summed E-state index contributed by atoms with van der Waals surface area (Å²) >= 11 is 1.13. The highest BCUT2D eigenvalue weighted by Gasteiger charge is 2.27. The van der Waals surface area contributed by atoms with E-state index in [4.69, 9.17) is 20.3 Å². The number of carbonyl (C=O) groups excluding carboxylic acids is 3. The Morgan fingerprint density at radius 3 is 2.79 bits per heavy atom. The molecule has 0 radical (unpaired) electrons. The summed E-state index contributed by atoms with van der Waals surface area (Å²) < 4.78 is 15.8. The van der Waals surface area contributed by atoms with Crippen molar-refractivity contribution in [2.24, 2.45) is 0 Å². The molecule has 3 heterocycles. The number of rotatable bonds is 6. The molecule has 10 heteroatoms. The highest BCUT2D eigenvalue weighted by atomic mass is 32.1. The van der Waals surface area contributed by atoms with E-state index < -0.39 is 18.0 Å². The van der Waals surface area contributed by atoms with Crippen LogP contribution in [-0.2, 0) is 14.3 Å². The van der Waals surface area contributed by atoms with Crippen LogP contribution in [0.5, 0.6) is 5.06 Å². The summed E-state index contributed by atoms with van der Waals surface area (Å²) in [7, 11) is 0. The van der Waals surface area contributed by atoms with Crippen LogP contribution in [0.4, 0.5) is 16.2 Å².